The lowest BCUT2D eigenvalue weighted by atomic mass is 9.96. The van der Waals surface area contributed by atoms with Gasteiger partial charge in [0, 0.05) is 23.3 Å². The van der Waals surface area contributed by atoms with Crippen LogP contribution in [0.3, 0.4) is 0 Å². The Morgan fingerprint density at radius 1 is 1.08 bits per heavy atom. The molecule has 0 amide bonds. The highest BCUT2D eigenvalue weighted by Gasteiger charge is 2.42. The third-order valence-electron chi connectivity index (χ3n) is 6.77. The molecule has 2 aromatic heterocycles. The Bertz CT molecular complexity index is 1650. The highest BCUT2D eigenvalue weighted by atomic mass is 32.2. The van der Waals surface area contributed by atoms with Crippen molar-refractivity contribution in [2.45, 2.75) is 25.9 Å². The molecule has 5 rings (SSSR count). The molecule has 3 heterocycles. The maximum absolute atomic E-state index is 12.1. The van der Waals surface area contributed by atoms with Crippen LogP contribution in [0, 0.1) is 13.8 Å². The van der Waals surface area contributed by atoms with E-state index < -0.39 is 10.0 Å². The number of phenolic OH excluding ortho intramolecular Hbond substituents is 1. The van der Waals surface area contributed by atoms with Crippen LogP contribution in [0.2, 0.25) is 0 Å². The molecule has 2 atom stereocenters. The molecule has 0 aliphatic carbocycles. The summed E-state index contributed by atoms with van der Waals surface area (Å²) in [4.78, 5) is 6.59. The van der Waals surface area contributed by atoms with E-state index in [1.165, 1.54) is 7.11 Å². The van der Waals surface area contributed by atoms with E-state index in [2.05, 4.69) is 21.1 Å². The van der Waals surface area contributed by atoms with Crippen LogP contribution in [0.25, 0.3) is 5.69 Å². The molecular formula is C28H29N5O4S2. The molecule has 0 spiro atoms. The number of thiocarbonyl (C=S) groups is 1. The number of nitrogens with zero attached hydrogens (tertiary/aromatic N) is 3. The van der Waals surface area contributed by atoms with Crippen molar-refractivity contribution in [2.75, 3.05) is 23.0 Å². The Kier molecular flexibility index (Phi) is 6.96. The minimum atomic E-state index is -3.56. The summed E-state index contributed by atoms with van der Waals surface area (Å²) in [6, 6.07) is 19.7. The third-order valence-corrected chi connectivity index (χ3v) is 7.67. The predicted octanol–water partition coefficient (Wildman–Crippen LogP) is 4.75. The number of nitrogens with one attached hydrogen (secondary N) is 2. The zero-order valence-electron chi connectivity index (χ0n) is 21.9. The van der Waals surface area contributed by atoms with Gasteiger partial charge in [0.1, 0.15) is 11.5 Å². The van der Waals surface area contributed by atoms with Crippen molar-refractivity contribution in [1.82, 2.24) is 14.9 Å². The molecule has 9 nitrogen and oxygen atoms in total. The Morgan fingerprint density at radius 2 is 1.82 bits per heavy atom. The summed E-state index contributed by atoms with van der Waals surface area (Å²) >= 11 is 5.86. The van der Waals surface area contributed by atoms with Gasteiger partial charge in [0.15, 0.2) is 5.11 Å². The lowest BCUT2D eigenvalue weighted by molar-refractivity contribution is 0.417. The van der Waals surface area contributed by atoms with Crippen molar-refractivity contribution < 1.29 is 18.3 Å². The van der Waals surface area contributed by atoms with Crippen molar-refractivity contribution in [3.63, 3.8) is 0 Å². The van der Waals surface area contributed by atoms with E-state index in [0.29, 0.717) is 27.9 Å². The number of aromatic hydroxyl groups is 1. The highest BCUT2D eigenvalue weighted by Crippen LogP contribution is 2.45. The summed E-state index contributed by atoms with van der Waals surface area (Å²) in [7, 11) is -2.08. The number of para-hydroxylation sites is 2. The van der Waals surface area contributed by atoms with Crippen molar-refractivity contribution in [3.05, 3.63) is 95.6 Å². The molecule has 1 aliphatic heterocycles. The second-order valence-electron chi connectivity index (χ2n) is 9.41. The Labute approximate surface area is 233 Å². The summed E-state index contributed by atoms with van der Waals surface area (Å²) in [6.07, 6.45) is 2.83. The first-order chi connectivity index (χ1) is 18.6. The fraction of sp³-hybridized carbons (Fsp3) is 0.214. The smallest absolute Gasteiger partial charge is 0.229 e. The molecule has 1 saturated heterocycles. The van der Waals surface area contributed by atoms with Gasteiger partial charge in [-0.3, -0.25) is 9.71 Å². The average molecular weight is 564 g/mol. The lowest BCUT2D eigenvalue weighted by Crippen LogP contribution is -2.29. The van der Waals surface area contributed by atoms with Crippen LogP contribution in [-0.2, 0) is 10.0 Å². The average Bonchev–Trinajstić information content (AvgIpc) is 3.39. The minimum Gasteiger partial charge on any atom is -0.506 e. The Balaban J connectivity index is 1.69. The van der Waals surface area contributed by atoms with Gasteiger partial charge in [0.25, 0.3) is 0 Å². The fourth-order valence-corrected chi connectivity index (χ4v) is 6.09. The number of aromatic nitrogens is 2. The van der Waals surface area contributed by atoms with Gasteiger partial charge in [-0.1, -0.05) is 18.2 Å². The number of hydrogen-bond acceptors (Lipinski definition) is 6. The van der Waals surface area contributed by atoms with E-state index in [9.17, 15) is 13.5 Å². The van der Waals surface area contributed by atoms with Gasteiger partial charge in [-0.15, -0.1) is 0 Å². The number of rotatable bonds is 7. The first-order valence-electron chi connectivity index (χ1n) is 12.2. The Morgan fingerprint density at radius 3 is 2.49 bits per heavy atom. The van der Waals surface area contributed by atoms with Crippen molar-refractivity contribution in [3.8, 4) is 17.2 Å². The largest absolute Gasteiger partial charge is 0.506 e. The quantitative estimate of drug-likeness (QED) is 0.277. The van der Waals surface area contributed by atoms with Crippen molar-refractivity contribution in [2.24, 2.45) is 0 Å². The van der Waals surface area contributed by atoms with E-state index >= 15 is 0 Å². The Hall–Kier alpha value is -4.09. The number of pyridine rings is 1. The second kappa shape index (κ2) is 10.2. The zero-order valence-corrected chi connectivity index (χ0v) is 23.5. The molecule has 0 saturated carbocycles. The fourth-order valence-electron chi connectivity index (χ4n) is 5.19. The minimum absolute atomic E-state index is 0.177. The molecule has 1 fully saturated rings. The van der Waals surface area contributed by atoms with Gasteiger partial charge in [0.05, 0.1) is 42.5 Å². The third kappa shape index (κ3) is 5.02. The van der Waals surface area contributed by atoms with E-state index in [4.69, 9.17) is 17.0 Å². The predicted molar refractivity (Wildman–Crippen MR) is 156 cm³/mol. The molecule has 4 aromatic rings. The van der Waals surface area contributed by atoms with Gasteiger partial charge < -0.3 is 24.6 Å². The number of methoxy groups -OCH3 is 1. The first kappa shape index (κ1) is 26.5. The van der Waals surface area contributed by atoms with Crippen LogP contribution in [0.15, 0.2) is 72.9 Å². The van der Waals surface area contributed by atoms with Crippen molar-refractivity contribution >= 4 is 38.7 Å². The molecule has 2 unspecified atom stereocenters. The van der Waals surface area contributed by atoms with Gasteiger partial charge in [-0.05, 0) is 80.2 Å². The number of anilines is 2. The number of ether oxygens (including phenoxy) is 1. The number of hydrogen-bond donors (Lipinski definition) is 3. The van der Waals surface area contributed by atoms with Crippen LogP contribution < -0.4 is 19.7 Å². The second-order valence-corrected chi connectivity index (χ2v) is 11.5. The standard InChI is InChI=1S/C28H29N5O4S2/c1-17-15-20(18(2)32(17)23-10-5-6-11-24(23)34)27-26(21-9-7-8-14-29-21)30-28(38)33(27)19-12-13-25(37-3)22(16-19)31-39(4,35)36/h5-16,26-27,31,34H,1-4H3,(H,30,38). The van der Waals surface area contributed by atoms with E-state index in [0.717, 1.165) is 28.9 Å². The van der Waals surface area contributed by atoms with Crippen LogP contribution in [-0.4, -0.2) is 41.6 Å². The van der Waals surface area contributed by atoms with Gasteiger partial charge in [-0.2, -0.15) is 0 Å². The molecule has 0 radical (unpaired) electrons. The molecule has 0 bridgehead atoms. The highest BCUT2D eigenvalue weighted by molar-refractivity contribution is 7.92. The summed E-state index contributed by atoms with van der Waals surface area (Å²) in [6.45, 7) is 4.00. The molecule has 39 heavy (non-hydrogen) atoms. The zero-order chi connectivity index (χ0) is 27.9. The van der Waals surface area contributed by atoms with E-state index in [1.807, 2.05) is 59.7 Å². The number of aryl methyl sites for hydroxylation is 1. The summed E-state index contributed by atoms with van der Waals surface area (Å²) < 4.78 is 34.1. The molecule has 202 valence electrons. The number of benzene rings is 2. The maximum Gasteiger partial charge on any atom is 0.229 e. The molecule has 11 heteroatoms. The molecule has 3 N–H and O–H groups in total. The van der Waals surface area contributed by atoms with Crippen LogP contribution >= 0.6 is 12.2 Å². The van der Waals surface area contributed by atoms with Crippen LogP contribution in [0.1, 0.15) is 34.7 Å². The van der Waals surface area contributed by atoms with Gasteiger partial charge >= 0.3 is 0 Å². The van der Waals surface area contributed by atoms with Gasteiger partial charge in [-0.25, -0.2) is 8.42 Å². The number of sulfonamides is 1. The monoisotopic (exact) mass is 563 g/mol. The van der Waals surface area contributed by atoms with E-state index in [1.54, 1.807) is 30.5 Å². The van der Waals surface area contributed by atoms with Crippen LogP contribution in [0.4, 0.5) is 11.4 Å². The SMILES string of the molecule is COc1ccc(N2C(=S)NC(c3ccccn3)C2c2cc(C)n(-c3ccccc3O)c2C)cc1NS(C)(=O)=O. The summed E-state index contributed by atoms with van der Waals surface area (Å²) in [5.74, 6) is 0.563. The first-order valence-corrected chi connectivity index (χ1v) is 14.5. The molecule has 2 aromatic carbocycles. The summed E-state index contributed by atoms with van der Waals surface area (Å²) in [5.41, 5.74) is 5.32. The molecular weight excluding hydrogens is 534 g/mol. The van der Waals surface area contributed by atoms with Crippen molar-refractivity contribution in [1.29, 1.82) is 0 Å². The van der Waals surface area contributed by atoms with E-state index in [-0.39, 0.29) is 17.8 Å². The van der Waals surface area contributed by atoms with Gasteiger partial charge in [0.2, 0.25) is 10.0 Å². The topological polar surface area (TPSA) is 109 Å². The summed E-state index contributed by atoms with van der Waals surface area (Å²) in [5, 5.41) is 14.5. The number of phenols is 1. The lowest BCUT2D eigenvalue weighted by Gasteiger charge is -2.29. The van der Waals surface area contributed by atoms with Crippen LogP contribution in [0.5, 0.6) is 11.5 Å². The normalized spacial score (nSPS) is 17.2. The maximum atomic E-state index is 12.1. The molecule has 1 aliphatic rings.